The molecule has 31 heavy (non-hydrogen) atoms. The average molecular weight is 468 g/mol. The zero-order valence-electron chi connectivity index (χ0n) is 20.0. The molecule has 0 aromatic rings. The fourth-order valence-corrected chi connectivity index (χ4v) is 4.40. The van der Waals surface area contributed by atoms with Gasteiger partial charge in [-0.25, -0.2) is 0 Å². The zero-order chi connectivity index (χ0) is 23.8. The van der Waals surface area contributed by atoms with E-state index in [4.69, 9.17) is 9.47 Å². The highest BCUT2D eigenvalue weighted by atomic mass is 32.2. The lowest BCUT2D eigenvalue weighted by atomic mass is 9.91. The van der Waals surface area contributed by atoms with Gasteiger partial charge in [0.05, 0.1) is 37.1 Å². The maximum Gasteiger partial charge on any atom is 0.110 e. The highest BCUT2D eigenvalue weighted by molar-refractivity contribution is 8.00. The van der Waals surface area contributed by atoms with Crippen LogP contribution >= 0.6 is 11.8 Å². The van der Waals surface area contributed by atoms with Crippen molar-refractivity contribution in [2.75, 3.05) is 32.1 Å². The van der Waals surface area contributed by atoms with Crippen molar-refractivity contribution in [3.05, 3.63) is 0 Å². The fourth-order valence-electron chi connectivity index (χ4n) is 3.25. The molecule has 0 saturated carbocycles. The molecule has 0 spiro atoms. The van der Waals surface area contributed by atoms with Crippen molar-refractivity contribution in [2.24, 2.45) is 5.92 Å². The number of aliphatic hydroxyl groups is 5. The maximum absolute atomic E-state index is 10.5. The third-order valence-electron chi connectivity index (χ3n) is 6.27. The summed E-state index contributed by atoms with van der Waals surface area (Å²) >= 11 is 1.93. The van der Waals surface area contributed by atoms with E-state index >= 15 is 0 Å². The van der Waals surface area contributed by atoms with E-state index in [0.29, 0.717) is 5.92 Å². The number of hydrogen-bond donors (Lipinski definition) is 6. The molecular formula is C22H45NO7S. The molecule has 1 aliphatic heterocycles. The van der Waals surface area contributed by atoms with Crippen LogP contribution < -0.4 is 5.32 Å². The first-order valence-corrected chi connectivity index (χ1v) is 12.3. The molecule has 0 bridgehead atoms. The Hall–Kier alpha value is 0.0300. The lowest BCUT2D eigenvalue weighted by molar-refractivity contribution is -0.226. The SMILES string of the molecule is CC(C)C(C)(C)SCCCNCC(O)C(O)C(CO)OC(C)(C)C1C[C@@H](O)C(O)CO1. The van der Waals surface area contributed by atoms with Crippen molar-refractivity contribution < 1.29 is 35.0 Å². The standard InChI is InChI=1S/C22H45NO7S/c1-14(2)22(5,6)31-9-7-8-23-11-16(26)20(28)18(12-24)30-21(3,4)19-10-15(25)17(27)13-29-19/h14-20,23-28H,7-13H2,1-6H3/t15-,16?,17?,18?,19?,20?/m1/s1. The van der Waals surface area contributed by atoms with E-state index in [9.17, 15) is 25.5 Å². The Morgan fingerprint density at radius 2 is 1.77 bits per heavy atom. The molecule has 1 saturated heterocycles. The molecule has 1 fully saturated rings. The number of thioether (sulfide) groups is 1. The summed E-state index contributed by atoms with van der Waals surface area (Å²) < 4.78 is 11.7. The maximum atomic E-state index is 10.5. The normalized spacial score (nSPS) is 26.1. The molecular weight excluding hydrogens is 422 g/mol. The minimum Gasteiger partial charge on any atom is -0.394 e. The van der Waals surface area contributed by atoms with Gasteiger partial charge in [-0.3, -0.25) is 0 Å². The zero-order valence-corrected chi connectivity index (χ0v) is 20.8. The van der Waals surface area contributed by atoms with Gasteiger partial charge >= 0.3 is 0 Å². The van der Waals surface area contributed by atoms with E-state index in [1.165, 1.54) is 0 Å². The summed E-state index contributed by atoms with van der Waals surface area (Å²) in [6, 6.07) is 0. The van der Waals surface area contributed by atoms with Gasteiger partial charge < -0.3 is 40.3 Å². The second-order valence-corrected chi connectivity index (χ2v) is 11.6. The summed E-state index contributed by atoms with van der Waals surface area (Å²) in [6.07, 6.45) is -4.65. The van der Waals surface area contributed by atoms with Gasteiger partial charge in [0.2, 0.25) is 0 Å². The van der Waals surface area contributed by atoms with Crippen LogP contribution in [-0.2, 0) is 9.47 Å². The predicted molar refractivity (Wildman–Crippen MR) is 123 cm³/mol. The topological polar surface area (TPSA) is 132 Å². The lowest BCUT2D eigenvalue weighted by Gasteiger charge is -2.42. The predicted octanol–water partition coefficient (Wildman–Crippen LogP) is 0.523. The number of rotatable bonds is 14. The van der Waals surface area contributed by atoms with Gasteiger partial charge in [0.1, 0.15) is 18.3 Å². The van der Waals surface area contributed by atoms with Crippen molar-refractivity contribution in [2.45, 2.75) is 101 Å². The smallest absolute Gasteiger partial charge is 0.110 e. The summed E-state index contributed by atoms with van der Waals surface area (Å²) in [7, 11) is 0. The Balaban J connectivity index is 2.42. The molecule has 6 N–H and O–H groups in total. The van der Waals surface area contributed by atoms with Crippen LogP contribution in [0.4, 0.5) is 0 Å². The molecule has 6 atom stereocenters. The molecule has 186 valence electrons. The first kappa shape index (κ1) is 29.1. The second-order valence-electron chi connectivity index (χ2n) is 9.86. The van der Waals surface area contributed by atoms with E-state index in [1.54, 1.807) is 13.8 Å². The van der Waals surface area contributed by atoms with Crippen molar-refractivity contribution in [3.63, 3.8) is 0 Å². The largest absolute Gasteiger partial charge is 0.394 e. The molecule has 1 aliphatic rings. The van der Waals surface area contributed by atoms with Gasteiger partial charge in [-0.1, -0.05) is 27.7 Å². The van der Waals surface area contributed by atoms with E-state index < -0.39 is 48.8 Å². The number of ether oxygens (including phenoxy) is 2. The van der Waals surface area contributed by atoms with Crippen LogP contribution in [0, 0.1) is 5.92 Å². The number of hydrogen-bond acceptors (Lipinski definition) is 9. The molecule has 1 rings (SSSR count). The van der Waals surface area contributed by atoms with Crippen LogP contribution in [-0.4, -0.2) is 105 Å². The van der Waals surface area contributed by atoms with Crippen LogP contribution in [0.5, 0.6) is 0 Å². The van der Waals surface area contributed by atoms with Crippen LogP contribution in [0.25, 0.3) is 0 Å². The Morgan fingerprint density at radius 1 is 1.13 bits per heavy atom. The third kappa shape index (κ3) is 9.43. The molecule has 5 unspecified atom stereocenters. The van der Waals surface area contributed by atoms with Crippen molar-refractivity contribution >= 4 is 11.8 Å². The molecule has 0 amide bonds. The van der Waals surface area contributed by atoms with Gasteiger partial charge in [0, 0.05) is 17.7 Å². The van der Waals surface area contributed by atoms with E-state index in [-0.39, 0.29) is 24.3 Å². The van der Waals surface area contributed by atoms with Crippen LogP contribution in [0.3, 0.4) is 0 Å². The Labute approximate surface area is 191 Å². The highest BCUT2D eigenvalue weighted by Gasteiger charge is 2.41. The lowest BCUT2D eigenvalue weighted by Crippen LogP contribution is -2.55. The number of nitrogens with one attached hydrogen (secondary N) is 1. The monoisotopic (exact) mass is 467 g/mol. The molecule has 0 aromatic carbocycles. The van der Waals surface area contributed by atoms with Crippen LogP contribution in [0.15, 0.2) is 0 Å². The summed E-state index contributed by atoms with van der Waals surface area (Å²) in [5.41, 5.74) is -0.941. The van der Waals surface area contributed by atoms with Crippen LogP contribution in [0.2, 0.25) is 0 Å². The van der Waals surface area contributed by atoms with Crippen molar-refractivity contribution in [1.29, 1.82) is 0 Å². The first-order valence-electron chi connectivity index (χ1n) is 11.3. The molecule has 9 heteroatoms. The van der Waals surface area contributed by atoms with Gasteiger partial charge in [-0.2, -0.15) is 11.8 Å². The summed E-state index contributed by atoms with van der Waals surface area (Å²) in [4.78, 5) is 0. The molecule has 1 heterocycles. The Morgan fingerprint density at radius 3 is 2.32 bits per heavy atom. The quantitative estimate of drug-likeness (QED) is 0.202. The van der Waals surface area contributed by atoms with Crippen molar-refractivity contribution in [3.8, 4) is 0 Å². The summed E-state index contributed by atoms with van der Waals surface area (Å²) in [5, 5.41) is 53.2. The second kappa shape index (κ2) is 13.1. The minimum atomic E-state index is -1.29. The third-order valence-corrected chi connectivity index (χ3v) is 7.98. The van der Waals surface area contributed by atoms with Gasteiger partial charge in [0.25, 0.3) is 0 Å². The van der Waals surface area contributed by atoms with Gasteiger partial charge in [-0.05, 0) is 38.5 Å². The van der Waals surface area contributed by atoms with Gasteiger partial charge in [-0.15, -0.1) is 0 Å². The Kier molecular flexibility index (Phi) is 12.2. The van der Waals surface area contributed by atoms with Crippen molar-refractivity contribution in [1.82, 2.24) is 5.32 Å². The summed E-state index contributed by atoms with van der Waals surface area (Å²) in [6.45, 7) is 12.8. The highest BCUT2D eigenvalue weighted by Crippen LogP contribution is 2.32. The summed E-state index contributed by atoms with van der Waals surface area (Å²) in [5.74, 6) is 1.60. The molecule has 0 radical (unpaired) electrons. The van der Waals surface area contributed by atoms with E-state index in [1.807, 2.05) is 11.8 Å². The van der Waals surface area contributed by atoms with E-state index in [0.717, 1.165) is 18.7 Å². The van der Waals surface area contributed by atoms with Gasteiger partial charge in [0.15, 0.2) is 0 Å². The molecule has 0 aliphatic carbocycles. The van der Waals surface area contributed by atoms with E-state index in [2.05, 4.69) is 33.0 Å². The number of aliphatic hydroxyl groups excluding tert-OH is 5. The average Bonchev–Trinajstić information content (AvgIpc) is 2.69. The fraction of sp³-hybridized carbons (Fsp3) is 1.00. The first-order chi connectivity index (χ1) is 14.3. The Bertz CT molecular complexity index is 506. The molecule has 8 nitrogen and oxygen atoms in total. The van der Waals surface area contributed by atoms with Crippen LogP contribution in [0.1, 0.15) is 54.4 Å². The molecule has 0 aromatic heterocycles. The minimum absolute atomic E-state index is 0.00977.